The van der Waals surface area contributed by atoms with E-state index in [0.29, 0.717) is 44.2 Å². The number of likely N-dealkylation sites (N-methyl/N-ethyl adjacent to an activating group) is 1. The number of amides is 2. The van der Waals surface area contributed by atoms with Gasteiger partial charge in [0.15, 0.2) is 5.69 Å². The fourth-order valence-electron chi connectivity index (χ4n) is 5.23. The summed E-state index contributed by atoms with van der Waals surface area (Å²) in [7, 11) is 1.99. The predicted octanol–water partition coefficient (Wildman–Crippen LogP) is 4.05. The maximum atomic E-state index is 13.9. The molecule has 2 amide bonds. The van der Waals surface area contributed by atoms with Gasteiger partial charge in [0.05, 0.1) is 52.6 Å². The van der Waals surface area contributed by atoms with Crippen LogP contribution in [0.2, 0.25) is 10.0 Å². The number of alkyl halides is 3. The Morgan fingerprint density at radius 1 is 1.00 bits per heavy atom. The average molecular weight is 670 g/mol. The van der Waals surface area contributed by atoms with E-state index in [-0.39, 0.29) is 22.3 Å². The van der Waals surface area contributed by atoms with E-state index in [1.165, 1.54) is 10.9 Å². The molecule has 2 aromatic carbocycles. The van der Waals surface area contributed by atoms with E-state index in [1.54, 1.807) is 18.2 Å². The van der Waals surface area contributed by atoms with Crippen LogP contribution >= 0.6 is 23.2 Å². The number of piperazine rings is 1. The maximum absolute atomic E-state index is 13.9. The van der Waals surface area contributed by atoms with Crippen molar-refractivity contribution in [2.75, 3.05) is 82.8 Å². The van der Waals surface area contributed by atoms with E-state index in [9.17, 15) is 22.8 Å². The van der Waals surface area contributed by atoms with Crippen LogP contribution in [0.15, 0.2) is 36.5 Å². The van der Waals surface area contributed by atoms with Crippen LogP contribution in [0.3, 0.4) is 0 Å². The first-order valence-electron chi connectivity index (χ1n) is 14.5. The largest absolute Gasteiger partial charge is 0.418 e. The Bertz CT molecular complexity index is 1520. The molecule has 0 unspecified atom stereocenters. The van der Waals surface area contributed by atoms with Gasteiger partial charge in [-0.1, -0.05) is 28.4 Å². The second-order valence-electron chi connectivity index (χ2n) is 10.9. The number of anilines is 2. The van der Waals surface area contributed by atoms with Crippen LogP contribution in [0, 0.1) is 0 Å². The van der Waals surface area contributed by atoms with Crippen molar-refractivity contribution < 1.29 is 27.5 Å². The Kier molecular flexibility index (Phi) is 10.5. The fourth-order valence-corrected chi connectivity index (χ4v) is 5.83. The summed E-state index contributed by atoms with van der Waals surface area (Å²) < 4.78 is 48.4. The van der Waals surface area contributed by atoms with E-state index in [4.69, 9.17) is 27.9 Å². The second-order valence-corrected chi connectivity index (χ2v) is 11.7. The van der Waals surface area contributed by atoms with Gasteiger partial charge in [-0.15, -0.1) is 5.10 Å². The molecule has 5 rings (SSSR count). The Morgan fingerprint density at radius 3 is 2.44 bits per heavy atom. The van der Waals surface area contributed by atoms with E-state index in [2.05, 4.69) is 30.7 Å². The highest BCUT2D eigenvalue weighted by Gasteiger charge is 2.38. The van der Waals surface area contributed by atoms with Gasteiger partial charge in [-0.3, -0.25) is 14.5 Å². The number of morpholine rings is 1. The molecule has 0 aliphatic carbocycles. The zero-order valence-electron chi connectivity index (χ0n) is 24.5. The van der Waals surface area contributed by atoms with E-state index in [0.717, 1.165) is 51.3 Å². The standard InChI is InChI=1S/C29H33Cl2F3N8O3/c1-39-7-9-41(10-8-39)25-4-3-20(17-23(25)36-27(43)21-15-19(30)16-22(31)26(21)29(32,33)34)42-18-24(37-38-42)28(44)35-5-2-6-40-11-13-45-14-12-40/h3-4,15-18H,2,5-14H2,1H3,(H,35,44)(H,36,43). The molecule has 0 spiro atoms. The Balaban J connectivity index is 1.36. The Morgan fingerprint density at radius 2 is 1.73 bits per heavy atom. The van der Waals surface area contributed by atoms with Crippen LogP contribution in [0.5, 0.6) is 0 Å². The molecule has 2 aliphatic heterocycles. The predicted molar refractivity (Wildman–Crippen MR) is 165 cm³/mol. The summed E-state index contributed by atoms with van der Waals surface area (Å²) in [5.74, 6) is -1.42. The second kappa shape index (κ2) is 14.3. The lowest BCUT2D eigenvalue weighted by molar-refractivity contribution is -0.137. The van der Waals surface area contributed by atoms with E-state index < -0.39 is 28.2 Å². The molecule has 1 aromatic heterocycles. The van der Waals surface area contributed by atoms with Gasteiger partial charge < -0.3 is 25.2 Å². The maximum Gasteiger partial charge on any atom is 0.418 e. The Hall–Kier alpha value is -3.43. The zero-order valence-corrected chi connectivity index (χ0v) is 26.1. The highest BCUT2D eigenvalue weighted by atomic mass is 35.5. The smallest absolute Gasteiger partial charge is 0.379 e. The molecule has 3 aromatic rings. The number of hydrogen-bond acceptors (Lipinski definition) is 8. The van der Waals surface area contributed by atoms with Crippen molar-refractivity contribution in [2.45, 2.75) is 12.6 Å². The molecule has 0 bridgehead atoms. The van der Waals surface area contributed by atoms with Gasteiger partial charge in [-0.05, 0) is 50.3 Å². The van der Waals surface area contributed by atoms with Gasteiger partial charge >= 0.3 is 6.18 Å². The highest BCUT2D eigenvalue weighted by Crippen LogP contribution is 2.39. The summed E-state index contributed by atoms with van der Waals surface area (Å²) in [6.07, 6.45) is -2.67. The van der Waals surface area contributed by atoms with E-state index in [1.807, 2.05) is 11.9 Å². The van der Waals surface area contributed by atoms with Crippen molar-refractivity contribution >= 4 is 46.4 Å². The Labute approximate surface area is 268 Å². The number of benzene rings is 2. The number of ether oxygens (including phenoxy) is 1. The third-order valence-electron chi connectivity index (χ3n) is 7.69. The highest BCUT2D eigenvalue weighted by molar-refractivity contribution is 6.36. The summed E-state index contributed by atoms with van der Waals surface area (Å²) in [4.78, 5) is 32.6. The van der Waals surface area contributed by atoms with Crippen molar-refractivity contribution in [3.8, 4) is 5.69 Å². The average Bonchev–Trinajstić information content (AvgIpc) is 3.50. The SMILES string of the molecule is CN1CCN(c2ccc(-n3cc(C(=O)NCCCN4CCOCC4)nn3)cc2NC(=O)c2cc(Cl)cc(Cl)c2C(F)(F)F)CC1. The number of carbonyl (C=O) groups is 2. The summed E-state index contributed by atoms with van der Waals surface area (Å²) in [5.41, 5.74) is -0.597. The number of rotatable bonds is 9. The molecule has 0 atom stereocenters. The molecule has 0 radical (unpaired) electrons. The number of aromatic nitrogens is 3. The minimum absolute atomic E-state index is 0.0958. The van der Waals surface area contributed by atoms with Crippen LogP contribution in [-0.4, -0.2) is 109 Å². The lowest BCUT2D eigenvalue weighted by Gasteiger charge is -2.35. The van der Waals surface area contributed by atoms with E-state index >= 15 is 0 Å². The summed E-state index contributed by atoms with van der Waals surface area (Å²) in [6, 6.07) is 6.94. The van der Waals surface area contributed by atoms with Crippen LogP contribution in [0.4, 0.5) is 24.5 Å². The van der Waals surface area contributed by atoms with Crippen molar-refractivity contribution in [1.29, 1.82) is 0 Å². The first kappa shape index (κ1) is 32.9. The third-order valence-corrected chi connectivity index (χ3v) is 8.20. The monoisotopic (exact) mass is 668 g/mol. The number of nitrogens with zero attached hydrogens (tertiary/aromatic N) is 6. The third kappa shape index (κ3) is 8.24. The van der Waals surface area contributed by atoms with Gasteiger partial charge in [0.25, 0.3) is 11.8 Å². The molecule has 2 fully saturated rings. The minimum Gasteiger partial charge on any atom is -0.379 e. The molecule has 16 heteroatoms. The summed E-state index contributed by atoms with van der Waals surface area (Å²) in [5, 5.41) is 12.8. The van der Waals surface area contributed by atoms with Gasteiger partial charge in [0.1, 0.15) is 0 Å². The topological polar surface area (TPSA) is 108 Å². The van der Waals surface area contributed by atoms with Crippen molar-refractivity contribution in [3.05, 3.63) is 63.4 Å². The molecule has 11 nitrogen and oxygen atoms in total. The molecular formula is C29H33Cl2F3N8O3. The van der Waals surface area contributed by atoms with Gasteiger partial charge in [0, 0.05) is 50.8 Å². The summed E-state index contributed by atoms with van der Waals surface area (Å²) >= 11 is 11.9. The van der Waals surface area contributed by atoms with Gasteiger partial charge in [-0.2, -0.15) is 13.2 Å². The first-order chi connectivity index (χ1) is 21.5. The minimum atomic E-state index is -4.89. The van der Waals surface area contributed by atoms with Crippen molar-refractivity contribution in [3.63, 3.8) is 0 Å². The molecule has 242 valence electrons. The van der Waals surface area contributed by atoms with Crippen LogP contribution in [0.1, 0.15) is 32.8 Å². The van der Waals surface area contributed by atoms with Crippen LogP contribution < -0.4 is 15.5 Å². The van der Waals surface area contributed by atoms with Crippen LogP contribution in [0.25, 0.3) is 5.69 Å². The molecule has 0 saturated carbocycles. The normalized spacial score (nSPS) is 16.5. The fraction of sp³-hybridized carbons (Fsp3) is 0.448. The van der Waals surface area contributed by atoms with Crippen LogP contribution in [-0.2, 0) is 10.9 Å². The van der Waals surface area contributed by atoms with Crippen molar-refractivity contribution in [2.24, 2.45) is 0 Å². The molecule has 3 heterocycles. The number of nitrogens with one attached hydrogen (secondary N) is 2. The summed E-state index contributed by atoms with van der Waals surface area (Å²) in [6.45, 7) is 7.24. The molecule has 45 heavy (non-hydrogen) atoms. The molecule has 2 aliphatic rings. The zero-order chi connectivity index (χ0) is 32.1. The number of carbonyl (C=O) groups excluding carboxylic acids is 2. The first-order valence-corrected chi connectivity index (χ1v) is 15.2. The molecule has 2 N–H and O–H groups in total. The lowest BCUT2D eigenvalue weighted by Crippen LogP contribution is -2.44. The number of hydrogen-bond donors (Lipinski definition) is 2. The quantitative estimate of drug-likeness (QED) is 0.329. The lowest BCUT2D eigenvalue weighted by atomic mass is 10.1. The van der Waals surface area contributed by atoms with Gasteiger partial charge in [0.2, 0.25) is 0 Å². The number of halogens is 5. The molecule has 2 saturated heterocycles. The van der Waals surface area contributed by atoms with Crippen molar-refractivity contribution in [1.82, 2.24) is 30.1 Å². The molecular weight excluding hydrogens is 636 g/mol. The van der Waals surface area contributed by atoms with Gasteiger partial charge in [-0.25, -0.2) is 4.68 Å².